The molecular formula is C16H12N2O4. The molecule has 0 saturated heterocycles. The lowest BCUT2D eigenvalue weighted by Crippen LogP contribution is -2.23. The Kier molecular flexibility index (Phi) is 3.34. The summed E-state index contributed by atoms with van der Waals surface area (Å²) in [5.74, 6) is -1.03. The van der Waals surface area contributed by atoms with E-state index in [1.165, 1.54) is 21.3 Å². The number of rotatable bonds is 4. The number of carboxylic acid groups (broad SMARTS) is 1. The molecule has 0 fully saturated rings. The minimum atomic E-state index is -1.03. The Balaban J connectivity index is 2.26. The zero-order valence-corrected chi connectivity index (χ0v) is 11.5. The lowest BCUT2D eigenvalue weighted by molar-refractivity contribution is -0.108. The second-order valence-corrected chi connectivity index (χ2v) is 4.74. The van der Waals surface area contributed by atoms with E-state index in [0.29, 0.717) is 23.0 Å². The van der Waals surface area contributed by atoms with E-state index < -0.39 is 5.97 Å². The predicted molar refractivity (Wildman–Crippen MR) is 80.6 cm³/mol. The minimum Gasteiger partial charge on any atom is -0.478 e. The van der Waals surface area contributed by atoms with Gasteiger partial charge in [-0.3, -0.25) is 9.13 Å². The Bertz CT molecular complexity index is 919. The van der Waals surface area contributed by atoms with Crippen LogP contribution in [0.4, 0.5) is 0 Å². The van der Waals surface area contributed by atoms with Gasteiger partial charge in [-0.05, 0) is 36.4 Å². The van der Waals surface area contributed by atoms with Crippen LogP contribution in [0.2, 0.25) is 0 Å². The number of benzene rings is 2. The van der Waals surface area contributed by atoms with Crippen molar-refractivity contribution in [3.05, 3.63) is 64.6 Å². The highest BCUT2D eigenvalue weighted by Crippen LogP contribution is 2.17. The van der Waals surface area contributed by atoms with Gasteiger partial charge in [0.05, 0.1) is 28.8 Å². The van der Waals surface area contributed by atoms with E-state index in [-0.39, 0.29) is 17.8 Å². The number of aldehydes is 1. The van der Waals surface area contributed by atoms with Gasteiger partial charge in [0.2, 0.25) is 0 Å². The summed E-state index contributed by atoms with van der Waals surface area (Å²) in [6, 6.07) is 13.2. The number of nitrogens with zero attached hydrogens (tertiary/aromatic N) is 2. The second kappa shape index (κ2) is 5.33. The Hall–Kier alpha value is -3.15. The van der Waals surface area contributed by atoms with Crippen LogP contribution in [0.3, 0.4) is 0 Å². The topological polar surface area (TPSA) is 81.3 Å². The molecule has 3 aromatic rings. The number of carboxylic acids is 1. The van der Waals surface area contributed by atoms with E-state index in [9.17, 15) is 14.4 Å². The van der Waals surface area contributed by atoms with Crippen molar-refractivity contribution < 1.29 is 14.7 Å². The van der Waals surface area contributed by atoms with Crippen LogP contribution in [0, 0.1) is 0 Å². The molecule has 0 unspecified atom stereocenters. The van der Waals surface area contributed by atoms with Crippen molar-refractivity contribution in [1.29, 1.82) is 0 Å². The van der Waals surface area contributed by atoms with Crippen LogP contribution in [-0.4, -0.2) is 26.5 Å². The second-order valence-electron chi connectivity index (χ2n) is 4.74. The third kappa shape index (κ3) is 2.10. The number of carbonyl (C=O) groups is 2. The standard InChI is InChI=1S/C16H12N2O4/c19-10-9-17-13-3-1-2-4-14(13)18(16(17)22)12-7-5-11(6-8-12)15(20)21/h1-8,10H,9H2,(H,20,21). The summed E-state index contributed by atoms with van der Waals surface area (Å²) in [5, 5.41) is 8.94. The van der Waals surface area contributed by atoms with Gasteiger partial charge < -0.3 is 9.90 Å². The molecular weight excluding hydrogens is 284 g/mol. The van der Waals surface area contributed by atoms with Crippen molar-refractivity contribution in [1.82, 2.24) is 9.13 Å². The normalized spacial score (nSPS) is 10.7. The molecule has 0 aliphatic carbocycles. The van der Waals surface area contributed by atoms with Gasteiger partial charge in [0.1, 0.15) is 6.29 Å². The Morgan fingerprint density at radius 1 is 1.05 bits per heavy atom. The Morgan fingerprint density at radius 2 is 1.68 bits per heavy atom. The Morgan fingerprint density at radius 3 is 2.27 bits per heavy atom. The maximum atomic E-state index is 12.5. The van der Waals surface area contributed by atoms with Crippen LogP contribution in [0.1, 0.15) is 10.4 Å². The molecule has 22 heavy (non-hydrogen) atoms. The lowest BCUT2D eigenvalue weighted by atomic mass is 10.2. The van der Waals surface area contributed by atoms with Gasteiger partial charge >= 0.3 is 11.7 Å². The summed E-state index contributed by atoms with van der Waals surface area (Å²) < 4.78 is 2.85. The fourth-order valence-electron chi connectivity index (χ4n) is 2.46. The number of imidazole rings is 1. The van der Waals surface area contributed by atoms with Gasteiger partial charge in [-0.15, -0.1) is 0 Å². The molecule has 0 aliphatic rings. The van der Waals surface area contributed by atoms with Gasteiger partial charge in [-0.1, -0.05) is 12.1 Å². The first-order valence-electron chi connectivity index (χ1n) is 6.61. The number of hydrogen-bond donors (Lipinski definition) is 1. The van der Waals surface area contributed by atoms with Crippen molar-refractivity contribution >= 4 is 23.3 Å². The molecule has 2 aromatic carbocycles. The SMILES string of the molecule is O=CCn1c(=O)n(-c2ccc(C(=O)O)cc2)c2ccccc21. The molecule has 6 nitrogen and oxygen atoms in total. The van der Waals surface area contributed by atoms with Crippen LogP contribution in [-0.2, 0) is 11.3 Å². The van der Waals surface area contributed by atoms with Gasteiger partial charge in [-0.25, -0.2) is 9.59 Å². The molecule has 0 saturated carbocycles. The summed E-state index contributed by atoms with van der Waals surface area (Å²) in [6.45, 7) is -0.0282. The lowest BCUT2D eigenvalue weighted by Gasteiger charge is -2.03. The van der Waals surface area contributed by atoms with Crippen molar-refractivity contribution in [3.63, 3.8) is 0 Å². The molecule has 1 heterocycles. The average Bonchev–Trinajstić information content (AvgIpc) is 2.80. The first-order chi connectivity index (χ1) is 10.6. The molecule has 0 radical (unpaired) electrons. The smallest absolute Gasteiger partial charge is 0.335 e. The fraction of sp³-hybridized carbons (Fsp3) is 0.0625. The van der Waals surface area contributed by atoms with Gasteiger partial charge in [0, 0.05) is 0 Å². The summed E-state index contributed by atoms with van der Waals surface area (Å²) >= 11 is 0. The van der Waals surface area contributed by atoms with E-state index >= 15 is 0 Å². The van der Waals surface area contributed by atoms with Crippen LogP contribution in [0.5, 0.6) is 0 Å². The predicted octanol–water partition coefficient (Wildman–Crippen LogP) is 1.69. The van der Waals surface area contributed by atoms with Crippen molar-refractivity contribution in [3.8, 4) is 5.69 Å². The highest BCUT2D eigenvalue weighted by atomic mass is 16.4. The monoisotopic (exact) mass is 296 g/mol. The molecule has 0 atom stereocenters. The maximum absolute atomic E-state index is 12.5. The molecule has 0 spiro atoms. The van der Waals surface area contributed by atoms with E-state index in [1.807, 2.05) is 0 Å². The van der Waals surface area contributed by atoms with Crippen LogP contribution in [0.15, 0.2) is 53.3 Å². The van der Waals surface area contributed by atoms with Crippen molar-refractivity contribution in [2.45, 2.75) is 6.54 Å². The number of aromatic carboxylic acids is 1. The molecule has 3 rings (SSSR count). The number of fused-ring (bicyclic) bond motifs is 1. The summed E-state index contributed by atoms with van der Waals surface area (Å²) in [5.41, 5.74) is 1.68. The van der Waals surface area contributed by atoms with Crippen LogP contribution < -0.4 is 5.69 Å². The summed E-state index contributed by atoms with van der Waals surface area (Å²) in [6.07, 6.45) is 0.672. The van der Waals surface area contributed by atoms with E-state index in [1.54, 1.807) is 36.4 Å². The molecule has 1 aromatic heterocycles. The molecule has 0 bridgehead atoms. The molecule has 6 heteroatoms. The number of carbonyl (C=O) groups excluding carboxylic acids is 1. The molecule has 110 valence electrons. The Labute approximate surface area is 124 Å². The minimum absolute atomic E-state index is 0.0282. The zero-order valence-electron chi connectivity index (χ0n) is 11.5. The third-order valence-electron chi connectivity index (χ3n) is 3.47. The number of aromatic nitrogens is 2. The molecule has 0 aliphatic heterocycles. The highest BCUT2D eigenvalue weighted by Gasteiger charge is 2.14. The molecule has 1 N–H and O–H groups in total. The summed E-state index contributed by atoms with van der Waals surface area (Å²) in [7, 11) is 0. The van der Waals surface area contributed by atoms with E-state index in [0.717, 1.165) is 0 Å². The fourth-order valence-corrected chi connectivity index (χ4v) is 2.46. The quantitative estimate of drug-likeness (QED) is 0.743. The zero-order chi connectivity index (χ0) is 15.7. The summed E-state index contributed by atoms with van der Waals surface area (Å²) in [4.78, 5) is 34.3. The highest BCUT2D eigenvalue weighted by molar-refractivity contribution is 5.88. The van der Waals surface area contributed by atoms with E-state index in [2.05, 4.69) is 0 Å². The van der Waals surface area contributed by atoms with Crippen LogP contribution in [0.25, 0.3) is 16.7 Å². The first-order valence-corrected chi connectivity index (χ1v) is 6.61. The van der Waals surface area contributed by atoms with Crippen LogP contribution >= 0.6 is 0 Å². The van der Waals surface area contributed by atoms with Gasteiger partial charge in [0.25, 0.3) is 0 Å². The van der Waals surface area contributed by atoms with Gasteiger partial charge in [0.15, 0.2) is 0 Å². The van der Waals surface area contributed by atoms with Crippen molar-refractivity contribution in [2.24, 2.45) is 0 Å². The largest absolute Gasteiger partial charge is 0.478 e. The van der Waals surface area contributed by atoms with Gasteiger partial charge in [-0.2, -0.15) is 0 Å². The number of para-hydroxylation sites is 2. The molecule has 0 amide bonds. The first kappa shape index (κ1) is 13.8. The van der Waals surface area contributed by atoms with E-state index in [4.69, 9.17) is 5.11 Å². The third-order valence-corrected chi connectivity index (χ3v) is 3.47. The van der Waals surface area contributed by atoms with Crippen molar-refractivity contribution in [2.75, 3.05) is 0 Å². The number of hydrogen-bond acceptors (Lipinski definition) is 3. The average molecular weight is 296 g/mol. The maximum Gasteiger partial charge on any atom is 0.335 e.